The van der Waals surface area contributed by atoms with Crippen LogP contribution < -0.4 is 10.1 Å². The molecule has 0 spiro atoms. The smallest absolute Gasteiger partial charge is 0.214 e. The van der Waals surface area contributed by atoms with Gasteiger partial charge in [-0.05, 0) is 37.1 Å². The highest BCUT2D eigenvalue weighted by Gasteiger charge is 2.29. The Morgan fingerprint density at radius 2 is 2.07 bits per heavy atom. The van der Waals surface area contributed by atoms with Crippen molar-refractivity contribution in [3.05, 3.63) is 48.4 Å². The Hall–Kier alpha value is -3.10. The molecule has 1 fully saturated rings. The fourth-order valence-corrected chi connectivity index (χ4v) is 3.78. The zero-order valence-electron chi connectivity index (χ0n) is 16.0. The Morgan fingerprint density at radius 3 is 2.90 bits per heavy atom. The summed E-state index contributed by atoms with van der Waals surface area (Å²) in [5.41, 5.74) is 3.33. The van der Waals surface area contributed by atoms with Crippen LogP contribution in [0.25, 0.3) is 22.1 Å². The largest absolute Gasteiger partial charge is 0.497 e. The molecule has 2 N–H and O–H groups in total. The van der Waals surface area contributed by atoms with Crippen LogP contribution in [-0.4, -0.2) is 39.5 Å². The summed E-state index contributed by atoms with van der Waals surface area (Å²) >= 11 is 0. The minimum absolute atomic E-state index is 0.0261. The number of aliphatic hydroxyl groups is 1. The number of aliphatic hydroxyl groups excluding tert-OH is 1. The zero-order valence-corrected chi connectivity index (χ0v) is 16.0. The highest BCUT2D eigenvalue weighted by Crippen LogP contribution is 2.34. The number of oxazole rings is 1. The number of aromatic nitrogens is 3. The molecule has 8 nitrogen and oxygen atoms in total. The average Bonchev–Trinajstić information content (AvgIpc) is 3.46. The van der Waals surface area contributed by atoms with Gasteiger partial charge in [0.1, 0.15) is 17.5 Å². The van der Waals surface area contributed by atoms with Crippen LogP contribution in [0.3, 0.4) is 0 Å². The van der Waals surface area contributed by atoms with E-state index in [4.69, 9.17) is 18.9 Å². The van der Waals surface area contributed by atoms with E-state index in [1.807, 2.05) is 42.5 Å². The van der Waals surface area contributed by atoms with E-state index in [9.17, 15) is 5.11 Å². The fraction of sp³-hybridized carbons (Fsp3) is 0.333. The first-order valence-electron chi connectivity index (χ1n) is 9.66. The lowest BCUT2D eigenvalue weighted by Gasteiger charge is -2.17. The van der Waals surface area contributed by atoms with Gasteiger partial charge >= 0.3 is 0 Å². The van der Waals surface area contributed by atoms with Gasteiger partial charge in [-0.3, -0.25) is 4.57 Å². The van der Waals surface area contributed by atoms with Crippen LogP contribution in [0.15, 0.2) is 46.9 Å². The summed E-state index contributed by atoms with van der Waals surface area (Å²) in [4.78, 5) is 9.25. The van der Waals surface area contributed by atoms with Crippen LogP contribution in [0, 0.1) is 0 Å². The average molecular weight is 394 g/mol. The van der Waals surface area contributed by atoms with E-state index in [0.717, 1.165) is 35.1 Å². The van der Waals surface area contributed by atoms with Crippen LogP contribution in [-0.2, 0) is 11.3 Å². The van der Waals surface area contributed by atoms with Gasteiger partial charge in [0.25, 0.3) is 0 Å². The van der Waals surface area contributed by atoms with E-state index < -0.39 is 0 Å². The summed E-state index contributed by atoms with van der Waals surface area (Å²) in [6.07, 6.45) is 1.33. The number of benzene rings is 2. The SMILES string of the molecule is COc1ccc2nc(CNc3nc4ccccc4n3[C@H]3CC[C@@H](CO)O3)oc2c1. The minimum atomic E-state index is -0.171. The van der Waals surface area contributed by atoms with Gasteiger partial charge in [0.05, 0.1) is 37.4 Å². The van der Waals surface area contributed by atoms with Crippen molar-refractivity contribution in [1.82, 2.24) is 14.5 Å². The van der Waals surface area contributed by atoms with Crippen molar-refractivity contribution in [3.63, 3.8) is 0 Å². The van der Waals surface area contributed by atoms with Crippen molar-refractivity contribution in [1.29, 1.82) is 0 Å². The number of fused-ring (bicyclic) bond motifs is 2. The number of para-hydroxylation sites is 2. The first-order valence-corrected chi connectivity index (χ1v) is 9.66. The molecule has 2 aromatic carbocycles. The quantitative estimate of drug-likeness (QED) is 0.517. The number of methoxy groups -OCH3 is 1. The van der Waals surface area contributed by atoms with Crippen molar-refractivity contribution in [2.75, 3.05) is 19.0 Å². The molecule has 4 aromatic rings. The second-order valence-corrected chi connectivity index (χ2v) is 7.06. The fourth-order valence-electron chi connectivity index (χ4n) is 3.78. The molecule has 0 bridgehead atoms. The first-order chi connectivity index (χ1) is 14.2. The molecule has 1 aliphatic rings. The molecule has 1 saturated heterocycles. The predicted octanol–water partition coefficient (Wildman–Crippen LogP) is 3.47. The van der Waals surface area contributed by atoms with E-state index in [-0.39, 0.29) is 18.9 Å². The molecule has 0 saturated carbocycles. The van der Waals surface area contributed by atoms with Gasteiger partial charge in [0, 0.05) is 6.07 Å². The maximum absolute atomic E-state index is 9.43. The van der Waals surface area contributed by atoms with Gasteiger partial charge in [-0.25, -0.2) is 9.97 Å². The standard InChI is InChI=1S/C21H22N4O4/c1-27-13-6-8-16-18(10-13)29-19(23-16)11-22-21-24-15-4-2-3-5-17(15)25(21)20-9-7-14(12-26)28-20/h2-6,8,10,14,20,26H,7,9,11-12H2,1H3,(H,22,24)/t14-,20+/m0/s1. The number of ether oxygens (including phenoxy) is 2. The lowest BCUT2D eigenvalue weighted by Crippen LogP contribution is -2.16. The second kappa shape index (κ2) is 7.38. The molecule has 0 radical (unpaired) electrons. The maximum Gasteiger partial charge on any atom is 0.214 e. The number of imidazole rings is 1. The summed E-state index contributed by atoms with van der Waals surface area (Å²) in [6.45, 7) is 0.411. The second-order valence-electron chi connectivity index (χ2n) is 7.06. The van der Waals surface area contributed by atoms with E-state index in [2.05, 4.69) is 14.9 Å². The Bertz CT molecular complexity index is 1150. The van der Waals surface area contributed by atoms with Gasteiger partial charge in [0.15, 0.2) is 5.58 Å². The van der Waals surface area contributed by atoms with E-state index >= 15 is 0 Å². The van der Waals surface area contributed by atoms with Crippen molar-refractivity contribution in [2.24, 2.45) is 0 Å². The van der Waals surface area contributed by atoms with Crippen molar-refractivity contribution >= 4 is 28.1 Å². The molecule has 8 heteroatoms. The van der Waals surface area contributed by atoms with Gasteiger partial charge in [-0.15, -0.1) is 0 Å². The van der Waals surface area contributed by atoms with Crippen molar-refractivity contribution < 1.29 is 19.0 Å². The summed E-state index contributed by atoms with van der Waals surface area (Å²) in [5.74, 6) is 1.98. The Morgan fingerprint density at radius 1 is 1.17 bits per heavy atom. The highest BCUT2D eigenvalue weighted by atomic mass is 16.5. The summed E-state index contributed by atoms with van der Waals surface area (Å²) < 4.78 is 19.1. The van der Waals surface area contributed by atoms with Crippen LogP contribution >= 0.6 is 0 Å². The monoisotopic (exact) mass is 394 g/mol. The molecule has 0 aliphatic carbocycles. The molecule has 29 heavy (non-hydrogen) atoms. The number of nitrogens with zero attached hydrogens (tertiary/aromatic N) is 3. The first kappa shape index (κ1) is 18.0. The molecule has 0 unspecified atom stereocenters. The highest BCUT2D eigenvalue weighted by molar-refractivity contribution is 5.79. The normalized spacial score (nSPS) is 19.2. The molecular weight excluding hydrogens is 372 g/mol. The topological polar surface area (TPSA) is 94.6 Å². The van der Waals surface area contributed by atoms with Gasteiger partial charge in [-0.2, -0.15) is 0 Å². The van der Waals surface area contributed by atoms with Gasteiger partial charge < -0.3 is 24.3 Å². The summed E-state index contributed by atoms with van der Waals surface area (Å²) in [5, 5.41) is 12.8. The molecule has 2 atom stereocenters. The lowest BCUT2D eigenvalue weighted by atomic mass is 10.2. The zero-order chi connectivity index (χ0) is 19.8. The molecule has 0 amide bonds. The van der Waals surface area contributed by atoms with Crippen LogP contribution in [0.2, 0.25) is 0 Å². The molecule has 2 aromatic heterocycles. The molecule has 5 rings (SSSR count). The van der Waals surface area contributed by atoms with E-state index in [1.165, 1.54) is 0 Å². The molecule has 150 valence electrons. The van der Waals surface area contributed by atoms with Crippen LogP contribution in [0.1, 0.15) is 25.0 Å². The number of rotatable bonds is 6. The third-order valence-electron chi connectivity index (χ3n) is 5.21. The maximum atomic E-state index is 9.43. The third kappa shape index (κ3) is 3.30. The van der Waals surface area contributed by atoms with Gasteiger partial charge in [-0.1, -0.05) is 12.1 Å². The number of hydrogen-bond acceptors (Lipinski definition) is 7. The summed E-state index contributed by atoms with van der Waals surface area (Å²) in [6, 6.07) is 13.5. The van der Waals surface area contributed by atoms with Crippen LogP contribution in [0.4, 0.5) is 5.95 Å². The molecule has 3 heterocycles. The van der Waals surface area contributed by atoms with Crippen LogP contribution in [0.5, 0.6) is 5.75 Å². The minimum Gasteiger partial charge on any atom is -0.497 e. The Balaban J connectivity index is 1.43. The van der Waals surface area contributed by atoms with Gasteiger partial charge in [0.2, 0.25) is 11.8 Å². The Labute approximate surface area is 167 Å². The summed E-state index contributed by atoms with van der Waals surface area (Å²) in [7, 11) is 1.62. The van der Waals surface area contributed by atoms with Crippen molar-refractivity contribution in [2.45, 2.75) is 31.7 Å². The predicted molar refractivity (Wildman–Crippen MR) is 108 cm³/mol. The number of hydrogen-bond donors (Lipinski definition) is 2. The third-order valence-corrected chi connectivity index (χ3v) is 5.21. The lowest BCUT2D eigenvalue weighted by molar-refractivity contribution is -0.0195. The van der Waals surface area contributed by atoms with E-state index in [0.29, 0.717) is 24.0 Å². The number of nitrogens with one attached hydrogen (secondary N) is 1. The van der Waals surface area contributed by atoms with Crippen molar-refractivity contribution in [3.8, 4) is 5.75 Å². The number of anilines is 1. The Kier molecular flexibility index (Phi) is 4.57. The molecule has 1 aliphatic heterocycles. The van der Waals surface area contributed by atoms with E-state index in [1.54, 1.807) is 7.11 Å². The molecular formula is C21H22N4O4.